The van der Waals surface area contributed by atoms with Crippen molar-refractivity contribution < 1.29 is 0 Å². The summed E-state index contributed by atoms with van der Waals surface area (Å²) in [7, 11) is 2.15. The van der Waals surface area contributed by atoms with Gasteiger partial charge in [-0.3, -0.25) is 0 Å². The molecular weight excluding hydrogens is 132 g/mol. The van der Waals surface area contributed by atoms with Crippen LogP contribution in [0.15, 0.2) is 0 Å². The molecule has 0 aliphatic carbocycles. The summed E-state index contributed by atoms with van der Waals surface area (Å²) in [6.07, 6.45) is 0. The summed E-state index contributed by atoms with van der Waals surface area (Å²) in [6.45, 7) is 2.01. The van der Waals surface area contributed by atoms with Crippen LogP contribution in [0.25, 0.3) is 0 Å². The fourth-order valence-electron chi connectivity index (χ4n) is 0.986. The van der Waals surface area contributed by atoms with E-state index in [1.807, 2.05) is 11.8 Å². The van der Waals surface area contributed by atoms with Gasteiger partial charge in [0.1, 0.15) is 0 Å². The van der Waals surface area contributed by atoms with Crippen LogP contribution in [0.2, 0.25) is 0 Å². The predicted molar refractivity (Wildman–Crippen MR) is 42.8 cm³/mol. The number of nitrogens with two attached hydrogens (primary N) is 1. The molecule has 0 aromatic carbocycles. The first-order valence-electron chi connectivity index (χ1n) is 3.32. The number of rotatable bonds is 1. The van der Waals surface area contributed by atoms with Gasteiger partial charge in [0, 0.05) is 30.6 Å². The van der Waals surface area contributed by atoms with Crippen LogP contribution >= 0.6 is 11.8 Å². The number of likely N-dealkylation sites (N-methyl/N-ethyl adjacent to an activating group) is 1. The second-order valence-electron chi connectivity index (χ2n) is 2.45. The standard InChI is InChI=1S/C6H14N2S/c1-8-2-3-9-5-6(8)4-7/h6H,2-5,7H2,1H3. The minimum Gasteiger partial charge on any atom is -0.329 e. The van der Waals surface area contributed by atoms with Gasteiger partial charge < -0.3 is 10.6 Å². The molecule has 9 heavy (non-hydrogen) atoms. The van der Waals surface area contributed by atoms with Gasteiger partial charge in [0.05, 0.1) is 0 Å². The molecule has 0 spiro atoms. The molecule has 0 radical (unpaired) electrons. The van der Waals surface area contributed by atoms with Crippen LogP contribution in [0.3, 0.4) is 0 Å². The van der Waals surface area contributed by atoms with Gasteiger partial charge in [-0.1, -0.05) is 0 Å². The van der Waals surface area contributed by atoms with Gasteiger partial charge in [0.15, 0.2) is 0 Å². The Morgan fingerprint density at radius 1 is 1.78 bits per heavy atom. The normalized spacial score (nSPS) is 30.7. The molecule has 1 rings (SSSR count). The third-order valence-corrected chi connectivity index (χ3v) is 2.89. The van der Waals surface area contributed by atoms with Crippen molar-refractivity contribution in [2.45, 2.75) is 6.04 Å². The summed E-state index contributed by atoms with van der Waals surface area (Å²) < 4.78 is 0. The Bertz CT molecular complexity index is 87.1. The summed E-state index contributed by atoms with van der Waals surface area (Å²) in [5.74, 6) is 2.49. The van der Waals surface area contributed by atoms with E-state index in [0.29, 0.717) is 6.04 Å². The molecule has 1 atom stereocenters. The molecule has 2 N–H and O–H groups in total. The maximum absolute atomic E-state index is 5.54. The van der Waals surface area contributed by atoms with E-state index in [0.717, 1.165) is 6.54 Å². The molecule has 0 aromatic heterocycles. The topological polar surface area (TPSA) is 29.3 Å². The highest BCUT2D eigenvalue weighted by atomic mass is 32.2. The van der Waals surface area contributed by atoms with Gasteiger partial charge in [-0.2, -0.15) is 11.8 Å². The molecule has 0 bridgehead atoms. The van der Waals surface area contributed by atoms with Crippen molar-refractivity contribution in [3.8, 4) is 0 Å². The van der Waals surface area contributed by atoms with Crippen molar-refractivity contribution in [3.63, 3.8) is 0 Å². The maximum atomic E-state index is 5.54. The van der Waals surface area contributed by atoms with E-state index in [2.05, 4.69) is 11.9 Å². The largest absolute Gasteiger partial charge is 0.329 e. The molecule has 1 fully saturated rings. The third-order valence-electron chi connectivity index (χ3n) is 1.79. The molecule has 3 heteroatoms. The second kappa shape index (κ2) is 3.44. The lowest BCUT2D eigenvalue weighted by Crippen LogP contribution is -2.43. The smallest absolute Gasteiger partial charge is 0.0306 e. The van der Waals surface area contributed by atoms with Gasteiger partial charge >= 0.3 is 0 Å². The number of hydrogen-bond donors (Lipinski definition) is 1. The maximum Gasteiger partial charge on any atom is 0.0306 e. The van der Waals surface area contributed by atoms with Crippen LogP contribution in [0.5, 0.6) is 0 Å². The van der Waals surface area contributed by atoms with Crippen molar-refractivity contribution in [2.24, 2.45) is 5.73 Å². The summed E-state index contributed by atoms with van der Waals surface area (Å²) in [6, 6.07) is 0.628. The van der Waals surface area contributed by atoms with E-state index < -0.39 is 0 Å². The molecule has 0 aromatic rings. The van der Waals surface area contributed by atoms with E-state index in [1.54, 1.807) is 0 Å². The van der Waals surface area contributed by atoms with Crippen molar-refractivity contribution in [2.75, 3.05) is 31.6 Å². The van der Waals surface area contributed by atoms with Gasteiger partial charge in [0.25, 0.3) is 0 Å². The van der Waals surface area contributed by atoms with E-state index in [9.17, 15) is 0 Å². The van der Waals surface area contributed by atoms with Crippen LogP contribution in [0.4, 0.5) is 0 Å². The van der Waals surface area contributed by atoms with Crippen LogP contribution in [-0.2, 0) is 0 Å². The molecule has 2 nitrogen and oxygen atoms in total. The Hall–Kier alpha value is 0.270. The molecule has 1 aliphatic heterocycles. The fourth-order valence-corrected chi connectivity index (χ4v) is 2.23. The van der Waals surface area contributed by atoms with Crippen LogP contribution in [-0.4, -0.2) is 42.6 Å². The highest BCUT2D eigenvalue weighted by molar-refractivity contribution is 7.99. The highest BCUT2D eigenvalue weighted by Gasteiger charge is 2.16. The molecule has 1 aliphatic rings. The Labute approximate surface area is 60.8 Å². The minimum absolute atomic E-state index is 0.628. The average Bonchev–Trinajstić information content (AvgIpc) is 1.89. The van der Waals surface area contributed by atoms with E-state index >= 15 is 0 Å². The molecule has 1 saturated heterocycles. The molecule has 0 saturated carbocycles. The summed E-state index contributed by atoms with van der Waals surface area (Å²) in [4.78, 5) is 2.34. The summed E-state index contributed by atoms with van der Waals surface area (Å²) >= 11 is 2.01. The van der Waals surface area contributed by atoms with E-state index in [4.69, 9.17) is 5.73 Å². The zero-order valence-corrected chi connectivity index (χ0v) is 6.66. The van der Waals surface area contributed by atoms with E-state index in [-0.39, 0.29) is 0 Å². The Balaban J connectivity index is 2.30. The molecule has 1 unspecified atom stereocenters. The van der Waals surface area contributed by atoms with Gasteiger partial charge in [-0.05, 0) is 7.05 Å². The number of nitrogens with zero attached hydrogens (tertiary/aromatic N) is 1. The molecule has 0 amide bonds. The van der Waals surface area contributed by atoms with Gasteiger partial charge in [-0.25, -0.2) is 0 Å². The fraction of sp³-hybridized carbons (Fsp3) is 1.00. The minimum atomic E-state index is 0.628. The first-order valence-corrected chi connectivity index (χ1v) is 4.48. The first-order chi connectivity index (χ1) is 4.34. The lowest BCUT2D eigenvalue weighted by Gasteiger charge is -2.30. The summed E-state index contributed by atoms with van der Waals surface area (Å²) in [5.41, 5.74) is 5.54. The van der Waals surface area contributed by atoms with Crippen LogP contribution < -0.4 is 5.73 Å². The Morgan fingerprint density at radius 2 is 2.56 bits per heavy atom. The van der Waals surface area contributed by atoms with E-state index in [1.165, 1.54) is 18.1 Å². The molecule has 1 heterocycles. The highest BCUT2D eigenvalue weighted by Crippen LogP contribution is 2.12. The molecular formula is C6H14N2S. The lowest BCUT2D eigenvalue weighted by atomic mass is 10.3. The summed E-state index contributed by atoms with van der Waals surface area (Å²) in [5, 5.41) is 0. The molecule has 54 valence electrons. The van der Waals surface area contributed by atoms with Crippen LogP contribution in [0, 0.1) is 0 Å². The monoisotopic (exact) mass is 146 g/mol. The van der Waals surface area contributed by atoms with Crippen molar-refractivity contribution in [1.82, 2.24) is 4.90 Å². The van der Waals surface area contributed by atoms with Crippen molar-refractivity contribution >= 4 is 11.8 Å². The van der Waals surface area contributed by atoms with Gasteiger partial charge in [-0.15, -0.1) is 0 Å². The number of hydrogen-bond acceptors (Lipinski definition) is 3. The predicted octanol–water partition coefficient (Wildman–Crippen LogP) is -0.00770. The van der Waals surface area contributed by atoms with Crippen molar-refractivity contribution in [3.05, 3.63) is 0 Å². The van der Waals surface area contributed by atoms with Crippen LogP contribution in [0.1, 0.15) is 0 Å². The SMILES string of the molecule is CN1CCSCC1CN. The van der Waals surface area contributed by atoms with Gasteiger partial charge in [0.2, 0.25) is 0 Å². The zero-order chi connectivity index (χ0) is 6.69. The quantitative estimate of drug-likeness (QED) is 0.564. The third kappa shape index (κ3) is 1.85. The second-order valence-corrected chi connectivity index (χ2v) is 3.59. The Kier molecular flexibility index (Phi) is 2.82. The lowest BCUT2D eigenvalue weighted by molar-refractivity contribution is 0.275. The van der Waals surface area contributed by atoms with Crippen molar-refractivity contribution in [1.29, 1.82) is 0 Å². The average molecular weight is 146 g/mol. The number of thioether (sulfide) groups is 1. The first kappa shape index (κ1) is 7.38. The zero-order valence-electron chi connectivity index (χ0n) is 5.84. The Morgan fingerprint density at radius 3 is 3.00 bits per heavy atom.